The lowest BCUT2D eigenvalue weighted by Crippen LogP contribution is -2.37. The van der Waals surface area contributed by atoms with Crippen LogP contribution in [0.2, 0.25) is 0 Å². The van der Waals surface area contributed by atoms with Crippen molar-refractivity contribution in [3.05, 3.63) is 58.0 Å². The van der Waals surface area contributed by atoms with E-state index < -0.39 is 17.5 Å². The van der Waals surface area contributed by atoms with Gasteiger partial charge in [-0.1, -0.05) is 17.8 Å². The third-order valence-corrected chi connectivity index (χ3v) is 7.41. The van der Waals surface area contributed by atoms with Crippen molar-refractivity contribution in [1.29, 1.82) is 5.26 Å². The number of rotatable bonds is 3. The quantitative estimate of drug-likeness (QED) is 0.525. The van der Waals surface area contributed by atoms with Gasteiger partial charge in [0.25, 0.3) is 5.91 Å². The summed E-state index contributed by atoms with van der Waals surface area (Å²) in [6.07, 6.45) is 0.847. The maximum absolute atomic E-state index is 15.0. The minimum absolute atomic E-state index is 0.219. The van der Waals surface area contributed by atoms with Crippen LogP contribution in [0.25, 0.3) is 0 Å². The first-order chi connectivity index (χ1) is 16.0. The minimum atomic E-state index is -0.929. The van der Waals surface area contributed by atoms with E-state index in [9.17, 15) is 18.8 Å². The second kappa shape index (κ2) is 8.56. The van der Waals surface area contributed by atoms with Crippen molar-refractivity contribution in [1.82, 2.24) is 10.3 Å². The number of halogens is 2. The molecule has 33 heavy (non-hydrogen) atoms. The Balaban J connectivity index is 1.35. The molecule has 0 aliphatic carbocycles. The number of carbonyl (C=O) groups is 1. The molecule has 2 atom stereocenters. The predicted octanol–water partition coefficient (Wildman–Crippen LogP) is 3.60. The van der Waals surface area contributed by atoms with Gasteiger partial charge in [0.05, 0.1) is 28.4 Å². The number of nitrogens with two attached hydrogens (primary N) is 1. The predicted molar refractivity (Wildman–Crippen MR) is 124 cm³/mol. The van der Waals surface area contributed by atoms with Crippen LogP contribution in [0.3, 0.4) is 0 Å². The Kier molecular flexibility index (Phi) is 5.58. The van der Waals surface area contributed by atoms with Crippen molar-refractivity contribution in [3.8, 4) is 6.07 Å². The minimum Gasteiger partial charge on any atom is -0.398 e. The average Bonchev–Trinajstić information content (AvgIpc) is 3.24. The van der Waals surface area contributed by atoms with Crippen molar-refractivity contribution >= 4 is 34.9 Å². The van der Waals surface area contributed by atoms with E-state index in [0.29, 0.717) is 60.0 Å². The highest BCUT2D eigenvalue weighted by Gasteiger charge is 2.38. The molecule has 3 N–H and O–H groups in total. The van der Waals surface area contributed by atoms with Crippen LogP contribution in [-0.4, -0.2) is 36.7 Å². The van der Waals surface area contributed by atoms with Gasteiger partial charge in [0.2, 0.25) is 5.95 Å². The SMILES string of the molecule is N#Cc1c(N)cccc1N1CCC2=C(SC(c3ccc(N4CCC[C@@H](F)C4)nc3F)N2)C1=O. The maximum Gasteiger partial charge on any atom is 0.266 e. The van der Waals surface area contributed by atoms with E-state index >= 15 is 0 Å². The number of thioether (sulfide) groups is 1. The highest BCUT2D eigenvalue weighted by molar-refractivity contribution is 8.04. The lowest BCUT2D eigenvalue weighted by Gasteiger charge is -2.30. The number of anilines is 3. The molecule has 7 nitrogen and oxygen atoms in total. The molecule has 0 saturated carbocycles. The Morgan fingerprint density at radius 1 is 1.27 bits per heavy atom. The number of nitrogen functional groups attached to an aromatic ring is 1. The van der Waals surface area contributed by atoms with Gasteiger partial charge in [-0.05, 0) is 37.1 Å². The molecule has 1 fully saturated rings. The summed E-state index contributed by atoms with van der Waals surface area (Å²) in [4.78, 5) is 21.1. The number of aromatic nitrogens is 1. The first kappa shape index (κ1) is 21.5. The topological polar surface area (TPSA) is 98.3 Å². The number of benzene rings is 1. The molecule has 4 heterocycles. The van der Waals surface area contributed by atoms with Gasteiger partial charge in [0, 0.05) is 30.8 Å². The van der Waals surface area contributed by atoms with Gasteiger partial charge >= 0.3 is 0 Å². The number of nitriles is 1. The fourth-order valence-corrected chi connectivity index (χ4v) is 5.72. The van der Waals surface area contributed by atoms with Gasteiger partial charge in [-0.25, -0.2) is 9.37 Å². The van der Waals surface area contributed by atoms with E-state index in [1.165, 1.54) is 11.8 Å². The Morgan fingerprint density at radius 2 is 2.12 bits per heavy atom. The van der Waals surface area contributed by atoms with Crippen LogP contribution in [0.15, 0.2) is 40.9 Å². The van der Waals surface area contributed by atoms with Crippen LogP contribution >= 0.6 is 11.8 Å². The van der Waals surface area contributed by atoms with Gasteiger partial charge in [0.15, 0.2) is 0 Å². The van der Waals surface area contributed by atoms with Gasteiger partial charge < -0.3 is 20.9 Å². The third-order valence-electron chi connectivity index (χ3n) is 6.15. The summed E-state index contributed by atoms with van der Waals surface area (Å²) in [6.45, 7) is 1.25. The summed E-state index contributed by atoms with van der Waals surface area (Å²) in [5, 5.41) is 12.2. The maximum atomic E-state index is 15.0. The zero-order valence-corrected chi connectivity index (χ0v) is 18.5. The molecule has 0 spiro atoms. The Morgan fingerprint density at radius 3 is 2.88 bits per heavy atom. The molecule has 10 heteroatoms. The second-order valence-electron chi connectivity index (χ2n) is 8.24. The summed E-state index contributed by atoms with van der Waals surface area (Å²) in [5.74, 6) is -0.455. The Bertz CT molecular complexity index is 1200. The summed E-state index contributed by atoms with van der Waals surface area (Å²) in [5.41, 5.74) is 8.07. The van der Waals surface area contributed by atoms with Crippen LogP contribution in [0.5, 0.6) is 0 Å². The number of hydrogen-bond donors (Lipinski definition) is 2. The second-order valence-corrected chi connectivity index (χ2v) is 9.36. The van der Waals surface area contributed by atoms with E-state index in [-0.39, 0.29) is 18.0 Å². The van der Waals surface area contributed by atoms with Crippen LogP contribution in [-0.2, 0) is 4.79 Å². The average molecular weight is 469 g/mol. The van der Waals surface area contributed by atoms with Gasteiger partial charge in [-0.3, -0.25) is 4.79 Å². The van der Waals surface area contributed by atoms with Crippen molar-refractivity contribution in [2.45, 2.75) is 30.8 Å². The number of hydrogen-bond acceptors (Lipinski definition) is 7. The molecule has 1 unspecified atom stereocenters. The van der Waals surface area contributed by atoms with Gasteiger partial charge in [0.1, 0.15) is 23.4 Å². The number of amides is 1. The van der Waals surface area contributed by atoms with E-state index in [4.69, 9.17) is 5.73 Å². The van der Waals surface area contributed by atoms with Crippen molar-refractivity contribution in [2.75, 3.05) is 35.2 Å². The lowest BCUT2D eigenvalue weighted by molar-refractivity contribution is -0.114. The molecule has 0 bridgehead atoms. The Labute approximate surface area is 194 Å². The molecule has 1 aromatic heterocycles. The molecular weight excluding hydrogens is 446 g/mol. The molecule has 3 aliphatic heterocycles. The molecule has 1 saturated heterocycles. The van der Waals surface area contributed by atoms with E-state index in [2.05, 4.69) is 16.4 Å². The third kappa shape index (κ3) is 3.86. The fraction of sp³-hybridized carbons (Fsp3) is 0.348. The molecule has 1 amide bonds. The summed E-state index contributed by atoms with van der Waals surface area (Å²) >= 11 is 1.24. The van der Waals surface area contributed by atoms with E-state index in [1.807, 2.05) is 0 Å². The number of alkyl halides is 1. The number of nitrogens with one attached hydrogen (secondary N) is 1. The number of nitrogens with zero attached hydrogens (tertiary/aromatic N) is 4. The smallest absolute Gasteiger partial charge is 0.266 e. The largest absolute Gasteiger partial charge is 0.398 e. The standard InChI is InChI=1S/C23H22F2N6OS/c24-13-3-2-9-30(12-13)19-7-6-14(21(25)29-19)22-28-17-8-10-31(23(32)20(17)33-22)18-5-1-4-16(27)15(18)11-26/h1,4-7,13,22,28H,2-3,8-10,12,27H2/t13-,22?/m1/s1. The molecule has 1 aromatic carbocycles. The van der Waals surface area contributed by atoms with E-state index in [0.717, 1.165) is 5.70 Å². The summed E-state index contributed by atoms with van der Waals surface area (Å²) < 4.78 is 28.7. The summed E-state index contributed by atoms with van der Waals surface area (Å²) in [6, 6.07) is 10.5. The molecule has 0 radical (unpaired) electrons. The molecule has 5 rings (SSSR count). The molecule has 170 valence electrons. The van der Waals surface area contributed by atoms with Crippen LogP contribution in [0.4, 0.5) is 26.0 Å². The Hall–Kier alpha value is -3.32. The molecular formula is C23H22F2N6OS. The van der Waals surface area contributed by atoms with Gasteiger partial charge in [-0.15, -0.1) is 0 Å². The van der Waals surface area contributed by atoms with Crippen molar-refractivity contribution in [2.24, 2.45) is 0 Å². The lowest BCUT2D eigenvalue weighted by atomic mass is 10.1. The van der Waals surface area contributed by atoms with Crippen LogP contribution in [0, 0.1) is 17.3 Å². The highest BCUT2D eigenvalue weighted by Crippen LogP contribution is 2.45. The van der Waals surface area contributed by atoms with Crippen LogP contribution < -0.4 is 20.9 Å². The van der Waals surface area contributed by atoms with Crippen LogP contribution in [0.1, 0.15) is 35.8 Å². The first-order valence-electron chi connectivity index (χ1n) is 10.8. The molecule has 3 aliphatic rings. The first-order valence-corrected chi connectivity index (χ1v) is 11.7. The highest BCUT2D eigenvalue weighted by atomic mass is 32.2. The summed E-state index contributed by atoms with van der Waals surface area (Å²) in [7, 11) is 0. The van der Waals surface area contributed by atoms with Crippen molar-refractivity contribution in [3.63, 3.8) is 0 Å². The van der Waals surface area contributed by atoms with Crippen molar-refractivity contribution < 1.29 is 13.6 Å². The monoisotopic (exact) mass is 468 g/mol. The normalized spacial score (nSPS) is 22.8. The van der Waals surface area contributed by atoms with E-state index in [1.54, 1.807) is 40.1 Å². The van der Waals surface area contributed by atoms with Gasteiger partial charge in [-0.2, -0.15) is 9.65 Å². The zero-order valence-electron chi connectivity index (χ0n) is 17.7. The number of pyridine rings is 1. The molecule has 2 aromatic rings. The fourth-order valence-electron chi connectivity index (χ4n) is 4.47. The number of carbonyl (C=O) groups excluding carboxylic acids is 1. The number of piperidine rings is 1. The zero-order chi connectivity index (χ0) is 23.1.